The van der Waals surface area contributed by atoms with Gasteiger partial charge in [0, 0.05) is 11.4 Å². The maximum Gasteiger partial charge on any atom is 0.262 e. The monoisotopic (exact) mass is 272 g/mol. The quantitative estimate of drug-likeness (QED) is 0.819. The van der Waals surface area contributed by atoms with Crippen LogP contribution in [0.4, 0.5) is 11.4 Å². The van der Waals surface area contributed by atoms with Crippen molar-refractivity contribution >= 4 is 17.3 Å². The smallest absolute Gasteiger partial charge is 0.262 e. The summed E-state index contributed by atoms with van der Waals surface area (Å²) in [5, 5.41) is 2.72. The minimum absolute atomic E-state index is 0.0588. The Morgan fingerprint density at radius 2 is 1.65 bits per heavy atom. The van der Waals surface area contributed by atoms with Gasteiger partial charge in [-0.05, 0) is 48.5 Å². The number of carbonyl (C=O) groups excluding carboxylic acids is 1. The van der Waals surface area contributed by atoms with Crippen molar-refractivity contribution in [3.63, 3.8) is 0 Å². The third-order valence-corrected chi connectivity index (χ3v) is 2.62. The van der Waals surface area contributed by atoms with E-state index in [1.165, 1.54) is 0 Å². The predicted octanol–water partition coefficient (Wildman–Crippen LogP) is 2.29. The van der Waals surface area contributed by atoms with Crippen molar-refractivity contribution in [2.45, 2.75) is 0 Å². The predicted molar refractivity (Wildman–Crippen MR) is 78.0 cm³/mol. The van der Waals surface area contributed by atoms with Crippen LogP contribution in [0.25, 0.3) is 0 Å². The summed E-state index contributed by atoms with van der Waals surface area (Å²) in [5.41, 5.74) is 6.90. The highest BCUT2D eigenvalue weighted by molar-refractivity contribution is 5.92. The number of hydrogen-bond acceptors (Lipinski definition) is 4. The van der Waals surface area contributed by atoms with Crippen LogP contribution in [0.2, 0.25) is 0 Å². The number of methoxy groups -OCH3 is 1. The van der Waals surface area contributed by atoms with Crippen molar-refractivity contribution in [2.75, 3.05) is 24.8 Å². The van der Waals surface area contributed by atoms with Crippen LogP contribution in [-0.4, -0.2) is 19.6 Å². The first-order valence-corrected chi connectivity index (χ1v) is 6.09. The Balaban J connectivity index is 1.83. The Hall–Kier alpha value is -2.69. The summed E-state index contributed by atoms with van der Waals surface area (Å²) < 4.78 is 10.4. The average molecular weight is 272 g/mol. The van der Waals surface area contributed by atoms with E-state index in [-0.39, 0.29) is 12.5 Å². The third kappa shape index (κ3) is 3.91. The molecule has 0 heterocycles. The zero-order valence-electron chi connectivity index (χ0n) is 11.1. The van der Waals surface area contributed by atoms with Crippen LogP contribution in [0.1, 0.15) is 0 Å². The number of carbonyl (C=O) groups is 1. The second-order valence-electron chi connectivity index (χ2n) is 4.13. The largest absolute Gasteiger partial charge is 0.497 e. The van der Waals surface area contributed by atoms with Crippen LogP contribution in [0, 0.1) is 0 Å². The van der Waals surface area contributed by atoms with Gasteiger partial charge in [-0.2, -0.15) is 0 Å². The molecule has 0 aliphatic carbocycles. The molecular weight excluding hydrogens is 256 g/mol. The number of anilines is 2. The van der Waals surface area contributed by atoms with Gasteiger partial charge in [0.15, 0.2) is 6.61 Å². The van der Waals surface area contributed by atoms with Crippen LogP contribution in [0.5, 0.6) is 11.5 Å². The van der Waals surface area contributed by atoms with Gasteiger partial charge in [0.25, 0.3) is 5.91 Å². The Bertz CT molecular complexity index is 565. The van der Waals surface area contributed by atoms with E-state index in [2.05, 4.69) is 5.32 Å². The normalized spacial score (nSPS) is 9.85. The molecule has 0 bridgehead atoms. The number of nitrogen functional groups attached to an aromatic ring is 1. The van der Waals surface area contributed by atoms with Crippen LogP contribution in [0.3, 0.4) is 0 Å². The Labute approximate surface area is 117 Å². The Kier molecular flexibility index (Phi) is 4.44. The van der Waals surface area contributed by atoms with Crippen LogP contribution in [0.15, 0.2) is 48.5 Å². The van der Waals surface area contributed by atoms with E-state index in [1.807, 2.05) is 0 Å². The molecule has 0 saturated carbocycles. The molecule has 5 heteroatoms. The molecule has 0 unspecified atom stereocenters. The molecule has 0 aliphatic heterocycles. The highest BCUT2D eigenvalue weighted by atomic mass is 16.5. The molecule has 2 aromatic carbocycles. The van der Waals surface area contributed by atoms with Gasteiger partial charge in [0.1, 0.15) is 11.5 Å². The van der Waals surface area contributed by atoms with Crippen LogP contribution in [-0.2, 0) is 4.79 Å². The molecule has 2 aromatic rings. The molecule has 0 fully saturated rings. The van der Waals surface area contributed by atoms with E-state index in [9.17, 15) is 4.79 Å². The van der Waals surface area contributed by atoms with Crippen molar-refractivity contribution in [1.29, 1.82) is 0 Å². The number of benzene rings is 2. The first kappa shape index (κ1) is 13.7. The summed E-state index contributed by atoms with van der Waals surface area (Å²) in [6.07, 6.45) is 0. The summed E-state index contributed by atoms with van der Waals surface area (Å²) in [6.45, 7) is -0.0588. The van der Waals surface area contributed by atoms with Gasteiger partial charge in [0.05, 0.1) is 7.11 Å². The fraction of sp³-hybridized carbons (Fsp3) is 0.133. The summed E-state index contributed by atoms with van der Waals surface area (Å²) >= 11 is 0. The maximum absolute atomic E-state index is 11.7. The molecule has 0 atom stereocenters. The Morgan fingerprint density at radius 3 is 2.25 bits per heavy atom. The molecule has 0 aliphatic rings. The SMILES string of the molecule is COc1ccc(OCC(=O)Nc2ccc(N)cc2)cc1. The molecule has 0 saturated heterocycles. The Morgan fingerprint density at radius 1 is 1.05 bits per heavy atom. The third-order valence-electron chi connectivity index (χ3n) is 2.62. The second kappa shape index (κ2) is 6.47. The molecule has 0 radical (unpaired) electrons. The van der Waals surface area contributed by atoms with Gasteiger partial charge in [-0.1, -0.05) is 0 Å². The van der Waals surface area contributed by atoms with Gasteiger partial charge in [0.2, 0.25) is 0 Å². The molecule has 20 heavy (non-hydrogen) atoms. The van der Waals surface area contributed by atoms with Crippen molar-refractivity contribution in [3.05, 3.63) is 48.5 Å². The lowest BCUT2D eigenvalue weighted by molar-refractivity contribution is -0.118. The van der Waals surface area contributed by atoms with Gasteiger partial charge < -0.3 is 20.5 Å². The summed E-state index contributed by atoms with van der Waals surface area (Å²) in [6, 6.07) is 14.0. The number of ether oxygens (including phenoxy) is 2. The van der Waals surface area contributed by atoms with Gasteiger partial charge in [-0.15, -0.1) is 0 Å². The highest BCUT2D eigenvalue weighted by Crippen LogP contribution is 2.17. The number of hydrogen-bond donors (Lipinski definition) is 2. The number of nitrogens with two attached hydrogens (primary N) is 1. The van der Waals surface area contributed by atoms with Crippen molar-refractivity contribution in [3.8, 4) is 11.5 Å². The summed E-state index contributed by atoms with van der Waals surface area (Å²) in [7, 11) is 1.59. The van der Waals surface area contributed by atoms with Gasteiger partial charge in [-0.25, -0.2) is 0 Å². The topological polar surface area (TPSA) is 73.6 Å². The summed E-state index contributed by atoms with van der Waals surface area (Å²) in [5.74, 6) is 1.12. The molecule has 104 valence electrons. The zero-order valence-corrected chi connectivity index (χ0v) is 11.1. The molecule has 0 spiro atoms. The fourth-order valence-corrected chi connectivity index (χ4v) is 1.58. The molecular formula is C15H16N2O3. The van der Waals surface area contributed by atoms with Crippen LogP contribution >= 0.6 is 0 Å². The molecule has 2 rings (SSSR count). The van der Waals surface area contributed by atoms with Crippen molar-refractivity contribution in [1.82, 2.24) is 0 Å². The maximum atomic E-state index is 11.7. The van der Waals surface area contributed by atoms with E-state index in [0.29, 0.717) is 17.1 Å². The van der Waals surface area contributed by atoms with E-state index < -0.39 is 0 Å². The fourth-order valence-electron chi connectivity index (χ4n) is 1.58. The first-order chi connectivity index (χ1) is 9.67. The van der Waals surface area contributed by atoms with Gasteiger partial charge in [-0.3, -0.25) is 4.79 Å². The molecule has 1 amide bonds. The minimum Gasteiger partial charge on any atom is -0.497 e. The number of nitrogens with one attached hydrogen (secondary N) is 1. The molecule has 5 nitrogen and oxygen atoms in total. The zero-order chi connectivity index (χ0) is 14.4. The van der Waals surface area contributed by atoms with Crippen LogP contribution < -0.4 is 20.5 Å². The lowest BCUT2D eigenvalue weighted by Gasteiger charge is -2.08. The highest BCUT2D eigenvalue weighted by Gasteiger charge is 2.03. The summed E-state index contributed by atoms with van der Waals surface area (Å²) in [4.78, 5) is 11.7. The van der Waals surface area contributed by atoms with Crippen molar-refractivity contribution < 1.29 is 14.3 Å². The van der Waals surface area contributed by atoms with E-state index in [1.54, 1.807) is 55.6 Å². The lowest BCUT2D eigenvalue weighted by atomic mass is 10.3. The molecule has 0 aromatic heterocycles. The first-order valence-electron chi connectivity index (χ1n) is 6.09. The molecule has 3 N–H and O–H groups in total. The van der Waals surface area contributed by atoms with E-state index in [0.717, 1.165) is 5.75 Å². The average Bonchev–Trinajstić information content (AvgIpc) is 2.48. The number of amides is 1. The minimum atomic E-state index is -0.231. The standard InChI is InChI=1S/C15H16N2O3/c1-19-13-6-8-14(9-7-13)20-10-15(18)17-12-4-2-11(16)3-5-12/h2-9H,10,16H2,1H3,(H,17,18). The van der Waals surface area contributed by atoms with E-state index in [4.69, 9.17) is 15.2 Å². The van der Waals surface area contributed by atoms with Gasteiger partial charge >= 0.3 is 0 Å². The lowest BCUT2D eigenvalue weighted by Crippen LogP contribution is -2.20. The van der Waals surface area contributed by atoms with Crippen molar-refractivity contribution in [2.24, 2.45) is 0 Å². The second-order valence-corrected chi connectivity index (χ2v) is 4.13. The van der Waals surface area contributed by atoms with E-state index >= 15 is 0 Å². The number of rotatable bonds is 5.